The van der Waals surface area contributed by atoms with Crippen LogP contribution in [-0.2, 0) is 22.6 Å². The highest BCUT2D eigenvalue weighted by molar-refractivity contribution is 5.88. The normalized spacial score (nSPS) is 12.6. The van der Waals surface area contributed by atoms with Crippen molar-refractivity contribution in [1.82, 2.24) is 10.2 Å². The lowest BCUT2D eigenvalue weighted by Gasteiger charge is -2.32. The van der Waals surface area contributed by atoms with E-state index in [4.69, 9.17) is 4.74 Å². The van der Waals surface area contributed by atoms with Gasteiger partial charge < -0.3 is 15.0 Å². The van der Waals surface area contributed by atoms with Crippen LogP contribution in [0.4, 0.5) is 4.39 Å². The van der Waals surface area contributed by atoms with Crippen LogP contribution in [0, 0.1) is 5.82 Å². The Hall–Kier alpha value is -3.67. The van der Waals surface area contributed by atoms with E-state index in [0.717, 1.165) is 17.5 Å². The summed E-state index contributed by atoms with van der Waals surface area (Å²) in [6.07, 6.45) is 1.05. The summed E-state index contributed by atoms with van der Waals surface area (Å²) in [7, 11) is 0. The number of para-hydroxylation sites is 1. The number of hydrogen-bond donors (Lipinski definition) is 1. The van der Waals surface area contributed by atoms with E-state index in [0.29, 0.717) is 17.7 Å². The molecule has 3 rings (SSSR count). The molecule has 0 bridgehead atoms. The number of nitrogens with one attached hydrogen (secondary N) is 1. The molecule has 0 unspecified atom stereocenters. The number of hydrogen-bond acceptors (Lipinski definition) is 3. The summed E-state index contributed by atoms with van der Waals surface area (Å²) < 4.78 is 20.7. The van der Waals surface area contributed by atoms with E-state index >= 15 is 0 Å². The van der Waals surface area contributed by atoms with Crippen molar-refractivity contribution >= 4 is 11.8 Å². The fourth-order valence-corrected chi connectivity index (χ4v) is 4.12. The molecule has 0 aromatic heterocycles. The van der Waals surface area contributed by atoms with Gasteiger partial charge in [-0.3, -0.25) is 9.59 Å². The summed E-state index contributed by atoms with van der Waals surface area (Å²) in [6.45, 7) is 7.71. The highest BCUT2D eigenvalue weighted by Crippen LogP contribution is 2.26. The van der Waals surface area contributed by atoms with Gasteiger partial charge in [0.2, 0.25) is 5.91 Å². The van der Waals surface area contributed by atoms with Crippen LogP contribution in [0.2, 0.25) is 0 Å². The van der Waals surface area contributed by atoms with Gasteiger partial charge in [0.25, 0.3) is 5.91 Å². The van der Waals surface area contributed by atoms with Crippen molar-refractivity contribution in [2.24, 2.45) is 0 Å². The van der Waals surface area contributed by atoms with Crippen LogP contribution in [0.3, 0.4) is 0 Å². The predicted octanol–water partition coefficient (Wildman–Crippen LogP) is 5.88. The van der Waals surface area contributed by atoms with Crippen molar-refractivity contribution in [1.29, 1.82) is 0 Å². The summed E-state index contributed by atoms with van der Waals surface area (Å²) in [4.78, 5) is 28.7. The van der Waals surface area contributed by atoms with E-state index in [-0.39, 0.29) is 36.9 Å². The molecule has 0 saturated heterocycles. The Bertz CT molecular complexity index is 1170. The number of halogens is 1. The Morgan fingerprint density at radius 1 is 0.919 bits per heavy atom. The average Bonchev–Trinajstić information content (AvgIpc) is 2.90. The van der Waals surface area contributed by atoms with Crippen molar-refractivity contribution in [3.63, 3.8) is 0 Å². The molecular weight excluding hydrogens is 467 g/mol. The topological polar surface area (TPSA) is 58.6 Å². The van der Waals surface area contributed by atoms with E-state index in [9.17, 15) is 14.0 Å². The quantitative estimate of drug-likeness (QED) is 0.335. The smallest absolute Gasteiger partial charge is 0.261 e. The van der Waals surface area contributed by atoms with E-state index < -0.39 is 11.9 Å². The standard InChI is InChI=1S/C31H37FN2O3/c1-5-23(4)33-31(36)28(19-24-13-7-6-8-14-24)34(20-25-15-9-11-17-27(25)32)30(35)21-37-29-18-12-10-16-26(29)22(2)3/h6-18,22-23,28H,5,19-21H2,1-4H3,(H,33,36)/t23-,28+/m1/s1. The van der Waals surface area contributed by atoms with Crippen molar-refractivity contribution < 1.29 is 18.7 Å². The van der Waals surface area contributed by atoms with E-state index in [1.807, 2.05) is 68.4 Å². The molecule has 0 saturated carbocycles. The average molecular weight is 505 g/mol. The summed E-state index contributed by atoms with van der Waals surface area (Å²) in [5.74, 6) is -0.243. The Labute approximate surface area is 219 Å². The number of carbonyl (C=O) groups is 2. The van der Waals surface area contributed by atoms with Crippen LogP contribution in [0.5, 0.6) is 5.75 Å². The summed E-state index contributed by atoms with van der Waals surface area (Å²) >= 11 is 0. The van der Waals surface area contributed by atoms with E-state index in [1.54, 1.807) is 18.2 Å². The van der Waals surface area contributed by atoms with Gasteiger partial charge in [-0.05, 0) is 42.5 Å². The van der Waals surface area contributed by atoms with Gasteiger partial charge in [0, 0.05) is 24.6 Å². The third-order valence-corrected chi connectivity index (χ3v) is 6.46. The molecule has 37 heavy (non-hydrogen) atoms. The molecule has 0 heterocycles. The Kier molecular flexibility index (Phi) is 10.2. The second-order valence-corrected chi connectivity index (χ2v) is 9.62. The molecular formula is C31H37FN2O3. The van der Waals surface area contributed by atoms with Crippen molar-refractivity contribution in [2.45, 2.75) is 65.1 Å². The zero-order valence-corrected chi connectivity index (χ0v) is 22.1. The molecule has 0 spiro atoms. The molecule has 3 aromatic rings. The fraction of sp³-hybridized carbons (Fsp3) is 0.355. The Balaban J connectivity index is 1.95. The Morgan fingerprint density at radius 2 is 1.57 bits per heavy atom. The zero-order valence-electron chi connectivity index (χ0n) is 22.1. The molecule has 0 radical (unpaired) electrons. The lowest BCUT2D eigenvalue weighted by Crippen LogP contribution is -2.53. The molecule has 196 valence electrons. The summed E-state index contributed by atoms with van der Waals surface area (Å²) in [5, 5.41) is 3.02. The van der Waals surface area contributed by atoms with Gasteiger partial charge in [-0.1, -0.05) is 87.5 Å². The highest BCUT2D eigenvalue weighted by atomic mass is 19.1. The first kappa shape index (κ1) is 27.9. The van der Waals surface area contributed by atoms with Crippen molar-refractivity contribution in [2.75, 3.05) is 6.61 Å². The van der Waals surface area contributed by atoms with Gasteiger partial charge in [-0.15, -0.1) is 0 Å². The lowest BCUT2D eigenvalue weighted by molar-refractivity contribution is -0.143. The van der Waals surface area contributed by atoms with Gasteiger partial charge in [-0.25, -0.2) is 4.39 Å². The van der Waals surface area contributed by atoms with Crippen LogP contribution in [0.25, 0.3) is 0 Å². The molecule has 0 aliphatic heterocycles. The number of benzene rings is 3. The number of rotatable bonds is 12. The molecule has 6 heteroatoms. The first-order valence-corrected chi connectivity index (χ1v) is 12.9. The zero-order chi connectivity index (χ0) is 26.8. The maximum atomic E-state index is 14.7. The van der Waals surface area contributed by atoms with Crippen LogP contribution >= 0.6 is 0 Å². The molecule has 0 aliphatic carbocycles. The van der Waals surface area contributed by atoms with E-state index in [2.05, 4.69) is 19.2 Å². The van der Waals surface area contributed by atoms with Crippen LogP contribution < -0.4 is 10.1 Å². The SMILES string of the molecule is CC[C@@H](C)NC(=O)[C@H](Cc1ccccc1)N(Cc1ccccc1F)C(=O)COc1ccccc1C(C)C. The predicted molar refractivity (Wildman–Crippen MR) is 145 cm³/mol. The van der Waals surface area contributed by atoms with Crippen molar-refractivity contribution in [3.05, 3.63) is 101 Å². The number of ether oxygens (including phenoxy) is 1. The van der Waals surface area contributed by atoms with Crippen LogP contribution in [-0.4, -0.2) is 35.4 Å². The lowest BCUT2D eigenvalue weighted by atomic mass is 10.0. The van der Waals surface area contributed by atoms with E-state index in [1.165, 1.54) is 11.0 Å². The maximum absolute atomic E-state index is 14.7. The van der Waals surface area contributed by atoms with Gasteiger partial charge in [-0.2, -0.15) is 0 Å². The first-order valence-electron chi connectivity index (χ1n) is 12.9. The summed E-state index contributed by atoms with van der Waals surface area (Å²) in [5.41, 5.74) is 2.24. The summed E-state index contributed by atoms with van der Waals surface area (Å²) in [6, 6.07) is 22.6. The second kappa shape index (κ2) is 13.6. The van der Waals surface area contributed by atoms with Crippen molar-refractivity contribution in [3.8, 4) is 5.75 Å². The van der Waals surface area contributed by atoms with Gasteiger partial charge in [0.15, 0.2) is 6.61 Å². The first-order chi connectivity index (χ1) is 17.8. The molecule has 0 aliphatic rings. The molecule has 2 amide bonds. The minimum Gasteiger partial charge on any atom is -0.483 e. The second-order valence-electron chi connectivity index (χ2n) is 9.62. The Morgan fingerprint density at radius 3 is 2.24 bits per heavy atom. The number of carbonyl (C=O) groups excluding carboxylic acids is 2. The van der Waals surface area contributed by atoms with Gasteiger partial charge in [0.1, 0.15) is 17.6 Å². The minimum absolute atomic E-state index is 0.0495. The van der Waals surface area contributed by atoms with Gasteiger partial charge >= 0.3 is 0 Å². The monoisotopic (exact) mass is 504 g/mol. The number of nitrogens with zero attached hydrogens (tertiary/aromatic N) is 1. The maximum Gasteiger partial charge on any atom is 0.261 e. The fourth-order valence-electron chi connectivity index (χ4n) is 4.12. The molecule has 5 nitrogen and oxygen atoms in total. The van der Waals surface area contributed by atoms with Crippen LogP contribution in [0.15, 0.2) is 78.9 Å². The molecule has 1 N–H and O–H groups in total. The third kappa shape index (κ3) is 7.91. The van der Waals surface area contributed by atoms with Gasteiger partial charge in [0.05, 0.1) is 0 Å². The molecule has 0 fully saturated rings. The third-order valence-electron chi connectivity index (χ3n) is 6.46. The van der Waals surface area contributed by atoms with Crippen LogP contribution in [0.1, 0.15) is 56.7 Å². The largest absolute Gasteiger partial charge is 0.483 e. The molecule has 3 aromatic carbocycles. The number of amides is 2. The highest BCUT2D eigenvalue weighted by Gasteiger charge is 2.32. The molecule has 2 atom stereocenters. The minimum atomic E-state index is -0.840.